The minimum atomic E-state index is -0.0866. The van der Waals surface area contributed by atoms with E-state index in [1.165, 1.54) is 18.7 Å². The molecule has 0 unspecified atom stereocenters. The molecule has 0 saturated heterocycles. The standard InChI is InChI=1S/C15H17ClN2O2S/c1-9(2)7-18-14(20)12-5-4-11(16)6-13(12)17-15(18)21-8-10(3)19/h4-6,9H,7-8H2,1-3H3. The minimum absolute atomic E-state index is 0.0523. The van der Waals surface area contributed by atoms with Gasteiger partial charge in [-0.25, -0.2) is 4.98 Å². The van der Waals surface area contributed by atoms with Gasteiger partial charge in [0.05, 0.1) is 16.7 Å². The van der Waals surface area contributed by atoms with Crippen LogP contribution in [-0.2, 0) is 11.3 Å². The number of fused-ring (bicyclic) bond motifs is 1. The van der Waals surface area contributed by atoms with Gasteiger partial charge in [-0.05, 0) is 31.0 Å². The Balaban J connectivity index is 2.61. The highest BCUT2D eigenvalue weighted by Crippen LogP contribution is 2.21. The predicted molar refractivity (Wildman–Crippen MR) is 87.3 cm³/mol. The van der Waals surface area contributed by atoms with Crippen LogP contribution in [0.3, 0.4) is 0 Å². The lowest BCUT2D eigenvalue weighted by Gasteiger charge is -2.14. The first-order valence-corrected chi connectivity index (χ1v) is 8.07. The summed E-state index contributed by atoms with van der Waals surface area (Å²) >= 11 is 7.26. The summed E-state index contributed by atoms with van der Waals surface area (Å²) in [4.78, 5) is 28.3. The molecule has 0 aliphatic carbocycles. The zero-order chi connectivity index (χ0) is 15.6. The number of nitrogens with zero attached hydrogens (tertiary/aromatic N) is 2. The molecule has 6 heteroatoms. The van der Waals surface area contributed by atoms with Crippen molar-refractivity contribution in [3.8, 4) is 0 Å². The first kappa shape index (κ1) is 16.0. The number of halogens is 1. The summed E-state index contributed by atoms with van der Waals surface area (Å²) in [6.07, 6.45) is 0. The second-order valence-corrected chi connectivity index (χ2v) is 6.74. The van der Waals surface area contributed by atoms with Gasteiger partial charge in [-0.15, -0.1) is 0 Å². The molecule has 0 N–H and O–H groups in total. The largest absolute Gasteiger partial charge is 0.299 e. The molecule has 4 nitrogen and oxygen atoms in total. The van der Waals surface area contributed by atoms with Crippen LogP contribution in [0.15, 0.2) is 28.2 Å². The van der Waals surface area contributed by atoms with Crippen LogP contribution in [0, 0.1) is 5.92 Å². The van der Waals surface area contributed by atoms with Gasteiger partial charge in [0.1, 0.15) is 5.78 Å². The number of benzene rings is 1. The molecular formula is C15H17ClN2O2S. The maximum atomic E-state index is 12.6. The number of rotatable bonds is 5. The molecule has 112 valence electrons. The van der Waals surface area contributed by atoms with E-state index in [0.717, 1.165) is 0 Å². The van der Waals surface area contributed by atoms with E-state index in [9.17, 15) is 9.59 Å². The van der Waals surface area contributed by atoms with Crippen molar-refractivity contribution in [3.05, 3.63) is 33.6 Å². The van der Waals surface area contributed by atoms with Crippen LogP contribution in [0.1, 0.15) is 20.8 Å². The third kappa shape index (κ3) is 3.86. The van der Waals surface area contributed by atoms with Crippen molar-refractivity contribution < 1.29 is 4.79 Å². The normalized spacial score (nSPS) is 11.3. The molecule has 0 bridgehead atoms. The Hall–Kier alpha value is -1.33. The van der Waals surface area contributed by atoms with Crippen molar-refractivity contribution in [2.24, 2.45) is 5.92 Å². The molecule has 0 aliphatic heterocycles. The molecule has 1 aromatic carbocycles. The fraction of sp³-hybridized carbons (Fsp3) is 0.400. The average molecular weight is 325 g/mol. The number of carbonyl (C=O) groups excluding carboxylic acids is 1. The molecule has 0 spiro atoms. The number of aromatic nitrogens is 2. The smallest absolute Gasteiger partial charge is 0.262 e. The molecule has 1 aromatic heterocycles. The van der Waals surface area contributed by atoms with Crippen LogP contribution < -0.4 is 5.56 Å². The Morgan fingerprint density at radius 3 is 2.76 bits per heavy atom. The number of ketones is 1. The van der Waals surface area contributed by atoms with Gasteiger partial charge in [-0.2, -0.15) is 0 Å². The first-order valence-electron chi connectivity index (χ1n) is 6.71. The van der Waals surface area contributed by atoms with E-state index >= 15 is 0 Å². The van der Waals surface area contributed by atoms with Gasteiger partial charge < -0.3 is 0 Å². The highest BCUT2D eigenvalue weighted by Gasteiger charge is 2.13. The van der Waals surface area contributed by atoms with E-state index in [0.29, 0.717) is 39.3 Å². The van der Waals surface area contributed by atoms with Gasteiger partial charge >= 0.3 is 0 Å². The van der Waals surface area contributed by atoms with Crippen LogP contribution in [0.4, 0.5) is 0 Å². The lowest BCUT2D eigenvalue weighted by atomic mass is 10.2. The second-order valence-electron chi connectivity index (χ2n) is 5.36. The summed E-state index contributed by atoms with van der Waals surface area (Å²) in [5.74, 6) is 0.666. The summed E-state index contributed by atoms with van der Waals surface area (Å²) in [5, 5.41) is 1.66. The third-order valence-corrected chi connectivity index (χ3v) is 4.19. The van der Waals surface area contributed by atoms with Gasteiger partial charge in [-0.3, -0.25) is 14.2 Å². The number of hydrogen-bond acceptors (Lipinski definition) is 4. The molecule has 0 saturated carbocycles. The van der Waals surface area contributed by atoms with Crippen LogP contribution in [0.25, 0.3) is 10.9 Å². The molecule has 2 aromatic rings. The third-order valence-electron chi connectivity index (χ3n) is 2.83. The molecule has 21 heavy (non-hydrogen) atoms. The van der Waals surface area contributed by atoms with Crippen LogP contribution in [0.2, 0.25) is 5.02 Å². The Morgan fingerprint density at radius 1 is 1.43 bits per heavy atom. The maximum Gasteiger partial charge on any atom is 0.262 e. The van der Waals surface area contributed by atoms with Crippen molar-refractivity contribution in [1.29, 1.82) is 0 Å². The molecule has 0 fully saturated rings. The molecule has 1 heterocycles. The van der Waals surface area contributed by atoms with E-state index in [4.69, 9.17) is 11.6 Å². The summed E-state index contributed by atoms with van der Waals surface area (Å²) < 4.78 is 1.65. The van der Waals surface area contributed by atoms with Crippen LogP contribution >= 0.6 is 23.4 Å². The molecule has 0 atom stereocenters. The van der Waals surface area contributed by atoms with E-state index in [1.54, 1.807) is 22.8 Å². The van der Waals surface area contributed by atoms with Gasteiger partial charge in [0.25, 0.3) is 5.56 Å². The van der Waals surface area contributed by atoms with Gasteiger partial charge in [0.15, 0.2) is 5.16 Å². The van der Waals surface area contributed by atoms with E-state index < -0.39 is 0 Å². The van der Waals surface area contributed by atoms with E-state index in [1.807, 2.05) is 13.8 Å². The summed E-state index contributed by atoms with van der Waals surface area (Å²) in [6, 6.07) is 5.06. The van der Waals surface area contributed by atoms with Crippen LogP contribution in [-0.4, -0.2) is 21.1 Å². The topological polar surface area (TPSA) is 52.0 Å². The Labute approximate surface area is 132 Å². The highest BCUT2D eigenvalue weighted by atomic mass is 35.5. The van der Waals surface area contributed by atoms with Crippen molar-refractivity contribution in [3.63, 3.8) is 0 Å². The molecule has 0 radical (unpaired) electrons. The van der Waals surface area contributed by atoms with Crippen LogP contribution in [0.5, 0.6) is 0 Å². The second kappa shape index (κ2) is 6.62. The Morgan fingerprint density at radius 2 is 2.14 bits per heavy atom. The number of Topliss-reactive ketones (excluding diaryl/α,β-unsaturated/α-hetero) is 1. The molecular weight excluding hydrogens is 308 g/mol. The summed E-state index contributed by atoms with van der Waals surface area (Å²) in [7, 11) is 0. The monoisotopic (exact) mass is 324 g/mol. The van der Waals surface area contributed by atoms with Crippen molar-refractivity contribution in [1.82, 2.24) is 9.55 Å². The fourth-order valence-electron chi connectivity index (χ4n) is 1.98. The SMILES string of the molecule is CC(=O)CSc1nc2cc(Cl)ccc2c(=O)n1CC(C)C. The summed E-state index contributed by atoms with van der Waals surface area (Å²) in [5.41, 5.74) is 0.481. The molecule has 2 rings (SSSR count). The maximum absolute atomic E-state index is 12.6. The Bertz CT molecular complexity index is 740. The average Bonchev–Trinajstić information content (AvgIpc) is 2.39. The van der Waals surface area contributed by atoms with Gasteiger partial charge in [0, 0.05) is 11.6 Å². The quantitative estimate of drug-likeness (QED) is 0.625. The predicted octanol–water partition coefficient (Wildman–Crippen LogP) is 3.39. The zero-order valence-corrected chi connectivity index (χ0v) is 13.8. The lowest BCUT2D eigenvalue weighted by Crippen LogP contribution is -2.25. The van der Waals surface area contributed by atoms with Crippen molar-refractivity contribution in [2.45, 2.75) is 32.5 Å². The minimum Gasteiger partial charge on any atom is -0.299 e. The summed E-state index contributed by atoms with van der Waals surface area (Å²) in [6.45, 7) is 6.18. The molecule has 0 amide bonds. The van der Waals surface area contributed by atoms with Gasteiger partial charge in [0.2, 0.25) is 0 Å². The number of hydrogen-bond donors (Lipinski definition) is 0. The highest BCUT2D eigenvalue weighted by molar-refractivity contribution is 7.99. The zero-order valence-electron chi connectivity index (χ0n) is 12.2. The number of thioether (sulfide) groups is 1. The fourth-order valence-corrected chi connectivity index (χ4v) is 2.95. The molecule has 0 aliphatic rings. The van der Waals surface area contributed by atoms with E-state index in [2.05, 4.69) is 4.98 Å². The van der Waals surface area contributed by atoms with Crippen molar-refractivity contribution in [2.75, 3.05) is 5.75 Å². The number of carbonyl (C=O) groups is 1. The van der Waals surface area contributed by atoms with Gasteiger partial charge in [-0.1, -0.05) is 37.2 Å². The van der Waals surface area contributed by atoms with E-state index in [-0.39, 0.29) is 11.3 Å². The lowest BCUT2D eigenvalue weighted by molar-refractivity contribution is -0.114. The Kier molecular flexibility index (Phi) is 5.06. The van der Waals surface area contributed by atoms with Crippen molar-refractivity contribution >= 4 is 40.0 Å². The first-order chi connectivity index (χ1) is 9.88.